The molecule has 1 aromatic carbocycles. The maximum atomic E-state index is 11.5. The van der Waals surface area contributed by atoms with Crippen LogP contribution in [0.25, 0.3) is 0 Å². The molecular weight excluding hydrogens is 269 g/mol. The fraction of sp³-hybridized carbons (Fsp3) is 0.500. The average Bonchev–Trinajstić information content (AvgIpc) is 2.28. The number of nitrogens with zero attached hydrogens (tertiary/aromatic N) is 1. The Kier molecular flexibility index (Phi) is 4.00. The fourth-order valence-corrected chi connectivity index (χ4v) is 3.29. The number of carbonyl (C=O) groups excluding carboxylic acids is 1. The molecule has 0 spiro atoms. The number of benzene rings is 1. The van der Waals surface area contributed by atoms with Crippen molar-refractivity contribution in [2.45, 2.75) is 31.2 Å². The van der Waals surface area contributed by atoms with Crippen molar-refractivity contribution in [3.05, 3.63) is 33.8 Å². The van der Waals surface area contributed by atoms with Crippen molar-refractivity contribution in [1.82, 2.24) is 4.90 Å². The van der Waals surface area contributed by atoms with E-state index in [1.807, 2.05) is 26.2 Å². The molecule has 0 aliphatic heterocycles. The van der Waals surface area contributed by atoms with Crippen LogP contribution in [0.5, 0.6) is 0 Å². The van der Waals surface area contributed by atoms with E-state index in [1.54, 1.807) is 6.07 Å². The van der Waals surface area contributed by atoms with Gasteiger partial charge >= 0.3 is 0 Å². The highest BCUT2D eigenvalue weighted by Gasteiger charge is 2.38. The molecule has 0 radical (unpaired) electrons. The number of rotatable bonds is 2. The lowest BCUT2D eigenvalue weighted by Gasteiger charge is -2.43. The Balaban J connectivity index is 2.44. The van der Waals surface area contributed by atoms with Gasteiger partial charge in [-0.1, -0.05) is 23.2 Å². The molecule has 1 saturated carbocycles. The minimum atomic E-state index is -0.123. The smallest absolute Gasteiger partial charge is 0.133 e. The summed E-state index contributed by atoms with van der Waals surface area (Å²) in [5.74, 6) is 0.348. The summed E-state index contributed by atoms with van der Waals surface area (Å²) in [5, 5.41) is 1.30. The molecule has 0 unspecified atom stereocenters. The van der Waals surface area contributed by atoms with Crippen molar-refractivity contribution in [3.8, 4) is 0 Å². The first-order chi connectivity index (χ1) is 8.44. The van der Waals surface area contributed by atoms with E-state index in [9.17, 15) is 4.79 Å². The molecule has 0 atom stereocenters. The van der Waals surface area contributed by atoms with Crippen LogP contribution in [0.3, 0.4) is 0 Å². The summed E-state index contributed by atoms with van der Waals surface area (Å²) < 4.78 is 0. The number of hydrogen-bond acceptors (Lipinski definition) is 2. The van der Waals surface area contributed by atoms with E-state index in [-0.39, 0.29) is 5.54 Å². The van der Waals surface area contributed by atoms with Crippen molar-refractivity contribution >= 4 is 29.0 Å². The van der Waals surface area contributed by atoms with E-state index in [1.165, 1.54) is 0 Å². The molecule has 1 aromatic rings. The number of hydrogen-bond donors (Lipinski definition) is 0. The maximum absolute atomic E-state index is 11.5. The molecule has 98 valence electrons. The molecule has 0 heterocycles. The lowest BCUT2D eigenvalue weighted by atomic mass is 9.75. The third-order valence-corrected chi connectivity index (χ3v) is 4.33. The average molecular weight is 286 g/mol. The summed E-state index contributed by atoms with van der Waals surface area (Å²) in [7, 11) is 4.09. The second-order valence-electron chi connectivity index (χ2n) is 5.12. The van der Waals surface area contributed by atoms with Crippen molar-refractivity contribution in [3.63, 3.8) is 0 Å². The van der Waals surface area contributed by atoms with Gasteiger partial charge in [-0.25, -0.2) is 0 Å². The van der Waals surface area contributed by atoms with Crippen LogP contribution in [-0.2, 0) is 10.3 Å². The number of Topliss-reactive ketones (excluding diaryl/α,β-unsaturated/α-hetero) is 1. The van der Waals surface area contributed by atoms with Gasteiger partial charge in [-0.15, -0.1) is 0 Å². The van der Waals surface area contributed by atoms with Crippen LogP contribution in [0.4, 0.5) is 0 Å². The van der Waals surface area contributed by atoms with Crippen LogP contribution in [0.1, 0.15) is 31.2 Å². The molecule has 0 bridgehead atoms. The van der Waals surface area contributed by atoms with Crippen LogP contribution in [0, 0.1) is 0 Å². The summed E-state index contributed by atoms with van der Waals surface area (Å²) in [6, 6.07) is 5.66. The van der Waals surface area contributed by atoms with Gasteiger partial charge in [0.05, 0.1) is 0 Å². The highest BCUT2D eigenvalue weighted by molar-refractivity contribution is 6.34. The van der Waals surface area contributed by atoms with E-state index in [2.05, 4.69) is 4.90 Å². The van der Waals surface area contributed by atoms with Gasteiger partial charge in [0.1, 0.15) is 5.78 Å². The molecule has 0 amide bonds. The van der Waals surface area contributed by atoms with Crippen LogP contribution in [-0.4, -0.2) is 24.8 Å². The molecule has 4 heteroatoms. The van der Waals surface area contributed by atoms with E-state index >= 15 is 0 Å². The second-order valence-corrected chi connectivity index (χ2v) is 6.00. The van der Waals surface area contributed by atoms with Gasteiger partial charge in [0.2, 0.25) is 0 Å². The number of ketones is 1. The topological polar surface area (TPSA) is 20.3 Å². The van der Waals surface area contributed by atoms with E-state index in [0.29, 0.717) is 28.7 Å². The fourth-order valence-electron chi connectivity index (χ4n) is 2.76. The Hall–Kier alpha value is -0.570. The van der Waals surface area contributed by atoms with Crippen molar-refractivity contribution in [2.75, 3.05) is 14.1 Å². The van der Waals surface area contributed by atoms with E-state index in [0.717, 1.165) is 18.4 Å². The molecule has 0 saturated heterocycles. The van der Waals surface area contributed by atoms with E-state index < -0.39 is 0 Å². The van der Waals surface area contributed by atoms with Crippen molar-refractivity contribution in [1.29, 1.82) is 0 Å². The first-order valence-corrected chi connectivity index (χ1v) is 6.85. The first-order valence-electron chi connectivity index (χ1n) is 6.10. The zero-order chi connectivity index (χ0) is 13.3. The molecule has 2 rings (SSSR count). The van der Waals surface area contributed by atoms with Gasteiger partial charge in [-0.2, -0.15) is 0 Å². The van der Waals surface area contributed by atoms with Crippen LogP contribution < -0.4 is 0 Å². The van der Waals surface area contributed by atoms with Crippen molar-refractivity contribution < 1.29 is 4.79 Å². The normalized spacial score (nSPS) is 19.3. The molecule has 1 aliphatic carbocycles. The molecule has 0 N–H and O–H groups in total. The third-order valence-electron chi connectivity index (χ3n) is 3.89. The maximum Gasteiger partial charge on any atom is 0.133 e. The van der Waals surface area contributed by atoms with Gasteiger partial charge in [0.25, 0.3) is 0 Å². The molecule has 1 fully saturated rings. The Morgan fingerprint density at radius 2 is 1.56 bits per heavy atom. The molecule has 2 nitrogen and oxygen atoms in total. The number of carbonyl (C=O) groups is 1. The summed E-state index contributed by atoms with van der Waals surface area (Å²) in [5.41, 5.74) is 0.986. The zero-order valence-corrected chi connectivity index (χ0v) is 12.2. The van der Waals surface area contributed by atoms with Gasteiger partial charge in [0, 0.05) is 28.4 Å². The van der Waals surface area contributed by atoms with Crippen LogP contribution in [0.2, 0.25) is 10.0 Å². The number of halogens is 2. The lowest BCUT2D eigenvalue weighted by Crippen LogP contribution is -2.44. The summed E-state index contributed by atoms with van der Waals surface area (Å²) in [4.78, 5) is 13.6. The van der Waals surface area contributed by atoms with Gasteiger partial charge in [-0.05, 0) is 50.7 Å². The SMILES string of the molecule is CN(C)C1(c2cc(Cl)cc(Cl)c2)CCC(=O)CC1. The summed E-state index contributed by atoms with van der Waals surface area (Å²) in [6.07, 6.45) is 2.91. The Morgan fingerprint density at radius 3 is 2.00 bits per heavy atom. The van der Waals surface area contributed by atoms with Crippen LogP contribution >= 0.6 is 23.2 Å². The Bertz CT molecular complexity index is 441. The lowest BCUT2D eigenvalue weighted by molar-refractivity contribution is -0.122. The zero-order valence-electron chi connectivity index (χ0n) is 10.7. The monoisotopic (exact) mass is 285 g/mol. The Morgan fingerprint density at radius 1 is 1.06 bits per heavy atom. The quantitative estimate of drug-likeness (QED) is 0.822. The van der Waals surface area contributed by atoms with Crippen LogP contribution in [0.15, 0.2) is 18.2 Å². The Labute approximate surface area is 118 Å². The predicted molar refractivity (Wildman–Crippen MR) is 75.3 cm³/mol. The standard InChI is InChI=1S/C14H17Cl2NO/c1-17(2)14(5-3-13(18)4-6-14)10-7-11(15)9-12(16)8-10/h7-9H,3-6H2,1-2H3. The van der Waals surface area contributed by atoms with Gasteiger partial charge in [-0.3, -0.25) is 9.69 Å². The summed E-state index contributed by atoms with van der Waals surface area (Å²) >= 11 is 12.2. The largest absolute Gasteiger partial charge is 0.300 e. The highest BCUT2D eigenvalue weighted by atomic mass is 35.5. The van der Waals surface area contributed by atoms with Gasteiger partial charge in [0.15, 0.2) is 0 Å². The molecule has 1 aliphatic rings. The molecule has 18 heavy (non-hydrogen) atoms. The first kappa shape index (κ1) is 13.9. The predicted octanol–water partition coefficient (Wildman–Crippen LogP) is 3.89. The van der Waals surface area contributed by atoms with Crippen molar-refractivity contribution in [2.24, 2.45) is 0 Å². The minimum absolute atomic E-state index is 0.123. The minimum Gasteiger partial charge on any atom is -0.300 e. The van der Waals surface area contributed by atoms with E-state index in [4.69, 9.17) is 23.2 Å². The van der Waals surface area contributed by atoms with Gasteiger partial charge < -0.3 is 0 Å². The summed E-state index contributed by atoms with van der Waals surface area (Å²) in [6.45, 7) is 0. The molecular formula is C14H17Cl2NO. The third kappa shape index (κ3) is 2.56. The molecule has 0 aromatic heterocycles. The highest BCUT2D eigenvalue weighted by Crippen LogP contribution is 2.41. The second kappa shape index (κ2) is 5.20.